The lowest BCUT2D eigenvalue weighted by atomic mass is 9.98. The van der Waals surface area contributed by atoms with E-state index in [0.29, 0.717) is 31.2 Å². The van der Waals surface area contributed by atoms with E-state index < -0.39 is 12.1 Å². The Kier molecular flexibility index (Phi) is 11.3. The van der Waals surface area contributed by atoms with Crippen LogP contribution in [0.15, 0.2) is 36.7 Å². The van der Waals surface area contributed by atoms with E-state index in [0.717, 1.165) is 55.3 Å². The molecule has 3 N–H and O–H groups in total. The predicted molar refractivity (Wildman–Crippen MR) is 137 cm³/mol. The largest absolute Gasteiger partial charge is 0.481 e. The van der Waals surface area contributed by atoms with Gasteiger partial charge >= 0.3 is 5.97 Å². The Balaban J connectivity index is 1.46. The predicted octanol–water partition coefficient (Wildman–Crippen LogP) is 4.02. The molecule has 1 aliphatic heterocycles. The molecule has 0 aliphatic carbocycles. The molecule has 8 heteroatoms. The zero-order chi connectivity index (χ0) is 25.9. The van der Waals surface area contributed by atoms with Crippen LogP contribution in [0.1, 0.15) is 67.4 Å². The lowest BCUT2D eigenvalue weighted by Crippen LogP contribution is -2.42. The lowest BCUT2D eigenvalue weighted by Gasteiger charge is -2.26. The van der Waals surface area contributed by atoms with Crippen LogP contribution in [-0.4, -0.2) is 64.6 Å². The van der Waals surface area contributed by atoms with Gasteiger partial charge in [-0.05, 0) is 80.0 Å². The van der Waals surface area contributed by atoms with Gasteiger partial charge in [-0.1, -0.05) is 25.5 Å². The molecule has 198 valence electrons. The van der Waals surface area contributed by atoms with Crippen molar-refractivity contribution in [3.8, 4) is 0 Å². The van der Waals surface area contributed by atoms with Gasteiger partial charge in [-0.15, -0.1) is 0 Å². The number of carboxylic acids is 1. The Morgan fingerprint density at radius 3 is 2.94 bits per heavy atom. The first-order valence-electron chi connectivity index (χ1n) is 13.0. The zero-order valence-corrected chi connectivity index (χ0v) is 21.5. The number of nitrogens with one attached hydrogen (secondary N) is 1. The summed E-state index contributed by atoms with van der Waals surface area (Å²) in [5.74, 6) is -0.994. The van der Waals surface area contributed by atoms with Gasteiger partial charge in [-0.25, -0.2) is 4.39 Å². The van der Waals surface area contributed by atoms with Crippen molar-refractivity contribution in [2.45, 2.75) is 77.0 Å². The molecule has 7 nitrogen and oxygen atoms in total. The Labute approximate surface area is 213 Å². The quantitative estimate of drug-likeness (QED) is 0.339. The molecule has 0 saturated carbocycles. The minimum atomic E-state index is -0.842. The number of rotatable bonds is 15. The van der Waals surface area contributed by atoms with E-state index in [2.05, 4.69) is 22.1 Å². The van der Waals surface area contributed by atoms with Crippen molar-refractivity contribution in [2.75, 3.05) is 26.4 Å². The van der Waals surface area contributed by atoms with Gasteiger partial charge in [0, 0.05) is 38.1 Å². The van der Waals surface area contributed by atoms with E-state index in [9.17, 15) is 14.3 Å². The van der Waals surface area contributed by atoms with Crippen LogP contribution in [0.25, 0.3) is 0 Å². The van der Waals surface area contributed by atoms with Gasteiger partial charge in [0.15, 0.2) is 0 Å². The summed E-state index contributed by atoms with van der Waals surface area (Å²) < 4.78 is 20.0. The van der Waals surface area contributed by atoms with Gasteiger partial charge in [0.1, 0.15) is 5.82 Å². The normalized spacial score (nSPS) is 17.8. The summed E-state index contributed by atoms with van der Waals surface area (Å²) in [6, 6.07) is 7.73. The minimum absolute atomic E-state index is 0.0421. The summed E-state index contributed by atoms with van der Waals surface area (Å²) in [6.45, 7) is 6.09. The number of aliphatic carboxylic acids is 1. The number of aryl methyl sites for hydroxylation is 2. The Morgan fingerprint density at radius 2 is 2.19 bits per heavy atom. The van der Waals surface area contributed by atoms with Crippen LogP contribution in [0.5, 0.6) is 0 Å². The molecule has 1 saturated heterocycles. The molecule has 1 unspecified atom stereocenters. The summed E-state index contributed by atoms with van der Waals surface area (Å²) in [7, 11) is 0. The first-order chi connectivity index (χ1) is 17.4. The first kappa shape index (κ1) is 28.2. The van der Waals surface area contributed by atoms with E-state index in [1.807, 2.05) is 18.2 Å². The number of nitrogens with zero attached hydrogens (tertiary/aromatic N) is 2. The molecular weight excluding hydrogens is 461 g/mol. The molecule has 2 aromatic rings. The van der Waals surface area contributed by atoms with Crippen molar-refractivity contribution in [2.24, 2.45) is 0 Å². The van der Waals surface area contributed by atoms with Gasteiger partial charge < -0.3 is 20.3 Å². The van der Waals surface area contributed by atoms with E-state index in [4.69, 9.17) is 9.84 Å². The molecule has 1 aliphatic rings. The average Bonchev–Trinajstić information content (AvgIpc) is 3.29. The number of hydrogen-bond donors (Lipinski definition) is 3. The molecule has 0 radical (unpaired) electrons. The number of aliphatic hydroxyl groups excluding tert-OH is 1. The highest BCUT2D eigenvalue weighted by molar-refractivity contribution is 5.67. The van der Waals surface area contributed by atoms with Crippen molar-refractivity contribution in [3.05, 3.63) is 64.7 Å². The molecule has 1 aromatic carbocycles. The fourth-order valence-corrected chi connectivity index (χ4v) is 4.82. The number of carboxylic acid groups (broad SMARTS) is 1. The molecule has 2 heterocycles. The fraction of sp³-hybridized carbons (Fsp3) is 0.571. The monoisotopic (exact) mass is 501 g/mol. The second-order valence-corrected chi connectivity index (χ2v) is 9.74. The highest BCUT2D eigenvalue weighted by Crippen LogP contribution is 2.27. The van der Waals surface area contributed by atoms with Gasteiger partial charge in [0.25, 0.3) is 0 Å². The maximum absolute atomic E-state index is 13.9. The smallest absolute Gasteiger partial charge is 0.303 e. The molecule has 3 atom stereocenters. The highest BCUT2D eigenvalue weighted by atomic mass is 19.1. The number of hydrogen-bond acceptors (Lipinski definition) is 6. The number of halogens is 1. The second-order valence-electron chi connectivity index (χ2n) is 9.74. The summed E-state index contributed by atoms with van der Waals surface area (Å²) in [5.41, 5.74) is 3.51. The van der Waals surface area contributed by atoms with Gasteiger partial charge in [-0.2, -0.15) is 0 Å². The van der Waals surface area contributed by atoms with Crippen LogP contribution < -0.4 is 5.32 Å². The van der Waals surface area contributed by atoms with Crippen molar-refractivity contribution in [1.82, 2.24) is 15.2 Å². The van der Waals surface area contributed by atoms with Crippen molar-refractivity contribution < 1.29 is 24.1 Å². The third-order valence-corrected chi connectivity index (χ3v) is 6.84. The zero-order valence-electron chi connectivity index (χ0n) is 21.5. The summed E-state index contributed by atoms with van der Waals surface area (Å²) in [4.78, 5) is 17.5. The number of ether oxygens (including phenoxy) is 1. The third kappa shape index (κ3) is 8.62. The van der Waals surface area contributed by atoms with Crippen molar-refractivity contribution in [3.63, 3.8) is 0 Å². The summed E-state index contributed by atoms with van der Waals surface area (Å²) in [5, 5.41) is 22.9. The number of carbonyl (C=O) groups is 1. The van der Waals surface area contributed by atoms with Crippen LogP contribution in [0.2, 0.25) is 0 Å². The fourth-order valence-electron chi connectivity index (χ4n) is 4.82. The third-order valence-electron chi connectivity index (χ3n) is 6.84. The summed E-state index contributed by atoms with van der Waals surface area (Å²) in [6.07, 6.45) is 7.66. The summed E-state index contributed by atoms with van der Waals surface area (Å²) >= 11 is 0. The van der Waals surface area contributed by atoms with Gasteiger partial charge in [0.05, 0.1) is 18.8 Å². The van der Waals surface area contributed by atoms with Crippen LogP contribution >= 0.6 is 0 Å². The molecule has 0 bridgehead atoms. The van der Waals surface area contributed by atoms with Gasteiger partial charge in [0.2, 0.25) is 0 Å². The Bertz CT molecular complexity index is 974. The van der Waals surface area contributed by atoms with Gasteiger partial charge in [-0.3, -0.25) is 14.7 Å². The second kappa shape index (κ2) is 14.4. The van der Waals surface area contributed by atoms with Crippen LogP contribution in [0.4, 0.5) is 4.39 Å². The van der Waals surface area contributed by atoms with E-state index in [1.165, 1.54) is 0 Å². The van der Waals surface area contributed by atoms with E-state index in [1.54, 1.807) is 25.4 Å². The number of benzene rings is 1. The molecule has 1 fully saturated rings. The van der Waals surface area contributed by atoms with E-state index in [-0.39, 0.29) is 24.9 Å². The van der Waals surface area contributed by atoms with E-state index >= 15 is 0 Å². The van der Waals surface area contributed by atoms with Crippen LogP contribution in [0, 0.1) is 12.7 Å². The average molecular weight is 502 g/mol. The maximum Gasteiger partial charge on any atom is 0.303 e. The highest BCUT2D eigenvalue weighted by Gasteiger charge is 2.25. The Morgan fingerprint density at radius 1 is 1.36 bits per heavy atom. The molecule has 1 aromatic heterocycles. The molecular formula is C28H40FN3O4. The molecule has 0 amide bonds. The SMILES string of the molecule is CCCC(OC[C@H](O)CNCN1CCC[C@H]1Cc1ccc(C)c(F)c1)c1ccncc1CCC(=O)O. The van der Waals surface area contributed by atoms with Crippen LogP contribution in [0.3, 0.4) is 0 Å². The molecule has 3 rings (SSSR count). The standard InChI is InChI=1S/C28H40FN3O4/c1-3-5-27(25-11-12-30-16-22(25)9-10-28(34)35)36-18-24(33)17-31-19-32-13-4-6-23(32)14-21-8-7-20(2)26(29)15-21/h7-8,11-12,15-16,23-24,27,31,33H,3-6,9-10,13-14,17-19H2,1-2H3,(H,34,35)/t23-,24+,27?/m0/s1. The van der Waals surface area contributed by atoms with Crippen LogP contribution in [-0.2, 0) is 22.4 Å². The number of aromatic nitrogens is 1. The Hall–Kier alpha value is -2.39. The number of likely N-dealkylation sites (tertiary alicyclic amines) is 1. The van der Waals surface area contributed by atoms with Crippen molar-refractivity contribution in [1.29, 1.82) is 0 Å². The van der Waals surface area contributed by atoms with Crippen molar-refractivity contribution >= 4 is 5.97 Å². The molecule has 0 spiro atoms. The minimum Gasteiger partial charge on any atom is -0.481 e. The topological polar surface area (TPSA) is 94.9 Å². The lowest BCUT2D eigenvalue weighted by molar-refractivity contribution is -0.136. The number of pyridine rings is 1. The first-order valence-corrected chi connectivity index (χ1v) is 13.0. The number of aliphatic hydroxyl groups is 1. The maximum atomic E-state index is 13.9. The molecule has 36 heavy (non-hydrogen) atoms.